The molecular weight excluding hydrogens is 246 g/mol. The molecule has 0 unspecified atom stereocenters. The lowest BCUT2D eigenvalue weighted by molar-refractivity contribution is 0.0857. The number of methoxy groups -OCH3 is 2. The fourth-order valence-corrected chi connectivity index (χ4v) is 2.05. The van der Waals surface area contributed by atoms with Crippen LogP contribution in [-0.2, 0) is 4.74 Å². The summed E-state index contributed by atoms with van der Waals surface area (Å²) in [5.41, 5.74) is 0.522. The van der Waals surface area contributed by atoms with Gasteiger partial charge in [-0.05, 0) is 25.0 Å². The average Bonchev–Trinajstić information content (AvgIpc) is 2.97. The maximum absolute atomic E-state index is 12.1. The molecule has 19 heavy (non-hydrogen) atoms. The summed E-state index contributed by atoms with van der Waals surface area (Å²) in [6, 6.07) is 5.11. The normalized spacial score (nSPS) is 18.1. The first kappa shape index (κ1) is 13.7. The van der Waals surface area contributed by atoms with E-state index in [1.807, 2.05) is 0 Å². The van der Waals surface area contributed by atoms with Crippen molar-refractivity contribution in [2.75, 3.05) is 27.4 Å². The highest BCUT2D eigenvalue weighted by Gasteiger charge is 2.17. The lowest BCUT2D eigenvalue weighted by Gasteiger charge is -2.12. The quantitative estimate of drug-likeness (QED) is 0.878. The Kier molecular flexibility index (Phi) is 4.63. The maximum Gasteiger partial charge on any atom is 0.251 e. The molecule has 0 spiro atoms. The molecule has 0 saturated carbocycles. The molecule has 0 bridgehead atoms. The van der Waals surface area contributed by atoms with Crippen molar-refractivity contribution in [3.05, 3.63) is 23.8 Å². The van der Waals surface area contributed by atoms with Gasteiger partial charge in [-0.15, -0.1) is 0 Å². The van der Waals surface area contributed by atoms with E-state index in [4.69, 9.17) is 14.2 Å². The van der Waals surface area contributed by atoms with Gasteiger partial charge in [-0.25, -0.2) is 0 Å². The molecule has 5 nitrogen and oxygen atoms in total. The van der Waals surface area contributed by atoms with E-state index < -0.39 is 0 Å². The predicted molar refractivity (Wildman–Crippen MR) is 70.9 cm³/mol. The number of benzene rings is 1. The highest BCUT2D eigenvalue weighted by molar-refractivity contribution is 5.95. The molecule has 1 saturated heterocycles. The SMILES string of the molecule is COc1cc(OC)cc(C(=O)NC[C@@H]2CCCO2)c1. The molecule has 0 radical (unpaired) electrons. The molecular formula is C14H19NO4. The van der Waals surface area contributed by atoms with Gasteiger partial charge in [0.25, 0.3) is 5.91 Å². The van der Waals surface area contributed by atoms with E-state index in [0.717, 1.165) is 19.4 Å². The van der Waals surface area contributed by atoms with E-state index in [0.29, 0.717) is 23.6 Å². The van der Waals surface area contributed by atoms with Crippen molar-refractivity contribution < 1.29 is 19.0 Å². The number of rotatable bonds is 5. The molecule has 0 aliphatic carbocycles. The van der Waals surface area contributed by atoms with Crippen LogP contribution in [0.2, 0.25) is 0 Å². The minimum Gasteiger partial charge on any atom is -0.497 e. The Labute approximate surface area is 112 Å². The molecule has 104 valence electrons. The average molecular weight is 265 g/mol. The van der Waals surface area contributed by atoms with Crippen molar-refractivity contribution in [2.24, 2.45) is 0 Å². The second-order valence-electron chi connectivity index (χ2n) is 4.45. The first-order chi connectivity index (χ1) is 9.22. The van der Waals surface area contributed by atoms with Crippen molar-refractivity contribution in [1.82, 2.24) is 5.32 Å². The first-order valence-electron chi connectivity index (χ1n) is 6.36. The summed E-state index contributed by atoms with van der Waals surface area (Å²) in [4.78, 5) is 12.1. The summed E-state index contributed by atoms with van der Waals surface area (Å²) in [5.74, 6) is 1.05. The molecule has 2 rings (SSSR count). The fraction of sp³-hybridized carbons (Fsp3) is 0.500. The summed E-state index contributed by atoms with van der Waals surface area (Å²) in [7, 11) is 3.12. The second-order valence-corrected chi connectivity index (χ2v) is 4.45. The van der Waals surface area contributed by atoms with Crippen LogP contribution in [0, 0.1) is 0 Å². The summed E-state index contributed by atoms with van der Waals surface area (Å²) < 4.78 is 15.7. The Balaban J connectivity index is 2.00. The second kappa shape index (κ2) is 6.43. The van der Waals surface area contributed by atoms with E-state index in [1.54, 1.807) is 32.4 Å². The largest absolute Gasteiger partial charge is 0.497 e. The monoisotopic (exact) mass is 265 g/mol. The number of ether oxygens (including phenoxy) is 3. The lowest BCUT2D eigenvalue weighted by Crippen LogP contribution is -2.31. The van der Waals surface area contributed by atoms with Crippen LogP contribution in [0.25, 0.3) is 0 Å². The van der Waals surface area contributed by atoms with Crippen LogP contribution in [0.1, 0.15) is 23.2 Å². The third-order valence-corrected chi connectivity index (χ3v) is 3.13. The zero-order valence-corrected chi connectivity index (χ0v) is 11.3. The molecule has 1 aromatic rings. The van der Waals surface area contributed by atoms with Gasteiger partial charge >= 0.3 is 0 Å². The standard InChI is InChI=1S/C14H19NO4/c1-17-12-6-10(7-13(8-12)18-2)14(16)15-9-11-4-3-5-19-11/h6-8,11H,3-5,9H2,1-2H3,(H,15,16)/t11-/m0/s1. The van der Waals surface area contributed by atoms with Gasteiger partial charge in [0.15, 0.2) is 0 Å². The van der Waals surface area contributed by atoms with Gasteiger partial charge in [-0.1, -0.05) is 0 Å². The molecule has 1 atom stereocenters. The Morgan fingerprint density at radius 2 is 2.00 bits per heavy atom. The van der Waals surface area contributed by atoms with Crippen molar-refractivity contribution in [1.29, 1.82) is 0 Å². The van der Waals surface area contributed by atoms with Crippen LogP contribution in [0.15, 0.2) is 18.2 Å². The van der Waals surface area contributed by atoms with Crippen LogP contribution in [0.4, 0.5) is 0 Å². The molecule has 1 aliphatic rings. The third-order valence-electron chi connectivity index (χ3n) is 3.13. The highest BCUT2D eigenvalue weighted by atomic mass is 16.5. The number of hydrogen-bond acceptors (Lipinski definition) is 4. The van der Waals surface area contributed by atoms with Crippen molar-refractivity contribution in [2.45, 2.75) is 18.9 Å². The Morgan fingerprint density at radius 3 is 2.53 bits per heavy atom. The lowest BCUT2D eigenvalue weighted by atomic mass is 10.1. The first-order valence-corrected chi connectivity index (χ1v) is 6.36. The summed E-state index contributed by atoms with van der Waals surface area (Å²) in [6.07, 6.45) is 2.20. The number of carbonyl (C=O) groups excluding carboxylic acids is 1. The maximum atomic E-state index is 12.1. The molecule has 5 heteroatoms. The van der Waals surface area contributed by atoms with Crippen molar-refractivity contribution in [3.8, 4) is 11.5 Å². The zero-order valence-electron chi connectivity index (χ0n) is 11.3. The van der Waals surface area contributed by atoms with E-state index in [1.165, 1.54) is 0 Å². The van der Waals surface area contributed by atoms with Gasteiger partial charge in [-0.3, -0.25) is 4.79 Å². The Bertz CT molecular complexity index is 419. The van der Waals surface area contributed by atoms with Crippen LogP contribution < -0.4 is 14.8 Å². The van der Waals surface area contributed by atoms with E-state index in [2.05, 4.69) is 5.32 Å². The zero-order chi connectivity index (χ0) is 13.7. The highest BCUT2D eigenvalue weighted by Crippen LogP contribution is 2.22. The van der Waals surface area contributed by atoms with Gasteiger partial charge in [0.05, 0.1) is 20.3 Å². The fourth-order valence-electron chi connectivity index (χ4n) is 2.05. The van der Waals surface area contributed by atoms with Gasteiger partial charge in [0.2, 0.25) is 0 Å². The van der Waals surface area contributed by atoms with Gasteiger partial charge in [0.1, 0.15) is 11.5 Å². The number of carbonyl (C=O) groups is 1. The molecule has 1 fully saturated rings. The van der Waals surface area contributed by atoms with Gasteiger partial charge in [-0.2, -0.15) is 0 Å². The Morgan fingerprint density at radius 1 is 1.32 bits per heavy atom. The van der Waals surface area contributed by atoms with Gasteiger partial charge in [0, 0.05) is 24.8 Å². The van der Waals surface area contributed by atoms with Gasteiger partial charge < -0.3 is 19.5 Å². The van der Waals surface area contributed by atoms with E-state index in [-0.39, 0.29) is 12.0 Å². The minimum atomic E-state index is -0.146. The van der Waals surface area contributed by atoms with E-state index in [9.17, 15) is 4.79 Å². The minimum absolute atomic E-state index is 0.136. The molecule has 1 aromatic carbocycles. The molecule has 1 aliphatic heterocycles. The van der Waals surface area contributed by atoms with Crippen LogP contribution in [0.5, 0.6) is 11.5 Å². The summed E-state index contributed by atoms with van der Waals surface area (Å²) in [5, 5.41) is 2.87. The third kappa shape index (κ3) is 3.61. The van der Waals surface area contributed by atoms with Crippen LogP contribution >= 0.6 is 0 Å². The topological polar surface area (TPSA) is 56.8 Å². The summed E-state index contributed by atoms with van der Waals surface area (Å²) >= 11 is 0. The number of nitrogens with one attached hydrogen (secondary N) is 1. The molecule has 1 amide bonds. The van der Waals surface area contributed by atoms with Crippen molar-refractivity contribution >= 4 is 5.91 Å². The molecule has 1 N–H and O–H groups in total. The molecule has 0 aromatic heterocycles. The van der Waals surface area contributed by atoms with Crippen LogP contribution in [0.3, 0.4) is 0 Å². The van der Waals surface area contributed by atoms with E-state index >= 15 is 0 Å². The number of amides is 1. The predicted octanol–water partition coefficient (Wildman–Crippen LogP) is 1.61. The number of hydrogen-bond donors (Lipinski definition) is 1. The summed E-state index contributed by atoms with van der Waals surface area (Å²) in [6.45, 7) is 1.33. The smallest absolute Gasteiger partial charge is 0.251 e. The van der Waals surface area contributed by atoms with Crippen LogP contribution in [-0.4, -0.2) is 39.4 Å². The molecule has 1 heterocycles. The van der Waals surface area contributed by atoms with Crippen molar-refractivity contribution in [3.63, 3.8) is 0 Å². The Hall–Kier alpha value is -1.75.